The number of nitrogens with zero attached hydrogens (tertiary/aromatic N) is 2. The average Bonchev–Trinajstić information content (AvgIpc) is 3.67. The van der Waals surface area contributed by atoms with Crippen molar-refractivity contribution < 1.29 is 4.39 Å². The molecule has 3 N–H and O–H groups in total. The van der Waals surface area contributed by atoms with E-state index in [2.05, 4.69) is 73.0 Å². The molecule has 2 unspecified atom stereocenters. The Labute approximate surface area is 229 Å². The Kier molecular flexibility index (Phi) is 10.6. The van der Waals surface area contributed by atoms with Gasteiger partial charge in [0, 0.05) is 35.4 Å². The van der Waals surface area contributed by atoms with Gasteiger partial charge in [0.1, 0.15) is 5.82 Å². The highest BCUT2D eigenvalue weighted by molar-refractivity contribution is 5.66. The van der Waals surface area contributed by atoms with Gasteiger partial charge in [0.15, 0.2) is 11.6 Å². The summed E-state index contributed by atoms with van der Waals surface area (Å²) in [7, 11) is 0. The Hall–Kier alpha value is -3.07. The van der Waals surface area contributed by atoms with Gasteiger partial charge in [-0.25, -0.2) is 9.37 Å². The summed E-state index contributed by atoms with van der Waals surface area (Å²) in [6, 6.07) is 5.42. The maximum absolute atomic E-state index is 15.3. The number of rotatable bonds is 15. The molecule has 1 saturated carbocycles. The van der Waals surface area contributed by atoms with Crippen molar-refractivity contribution in [2.45, 2.75) is 104 Å². The van der Waals surface area contributed by atoms with Crippen molar-refractivity contribution >= 4 is 17.3 Å². The summed E-state index contributed by atoms with van der Waals surface area (Å²) in [6.45, 7) is 15.2. The summed E-state index contributed by atoms with van der Waals surface area (Å²) in [6.07, 6.45) is 17.1. The van der Waals surface area contributed by atoms with E-state index in [0.717, 1.165) is 49.2 Å². The maximum Gasteiger partial charge on any atom is 0.166 e. The maximum atomic E-state index is 15.3. The van der Waals surface area contributed by atoms with E-state index >= 15 is 4.39 Å². The number of aryl methyl sites for hydroxylation is 1. The van der Waals surface area contributed by atoms with Gasteiger partial charge in [0.2, 0.25) is 0 Å². The van der Waals surface area contributed by atoms with Gasteiger partial charge in [-0.15, -0.1) is 6.42 Å². The highest BCUT2D eigenvalue weighted by Crippen LogP contribution is 2.36. The fourth-order valence-electron chi connectivity index (χ4n) is 4.83. The van der Waals surface area contributed by atoms with Gasteiger partial charge in [-0.2, -0.15) is 0 Å². The third-order valence-electron chi connectivity index (χ3n) is 6.91. The highest BCUT2D eigenvalue weighted by Gasteiger charge is 2.31. The van der Waals surface area contributed by atoms with Gasteiger partial charge in [-0.05, 0) is 61.6 Å². The zero-order chi connectivity index (χ0) is 27.7. The van der Waals surface area contributed by atoms with Crippen molar-refractivity contribution in [2.24, 2.45) is 11.3 Å². The predicted octanol–water partition coefficient (Wildman–Crippen LogP) is 7.97. The first-order chi connectivity index (χ1) is 18.1. The molecule has 1 aliphatic carbocycles. The normalized spacial score (nSPS) is 14.9. The van der Waals surface area contributed by atoms with Crippen molar-refractivity contribution in [1.82, 2.24) is 15.3 Å². The minimum atomic E-state index is -0.442. The zero-order valence-corrected chi connectivity index (χ0v) is 24.0. The molecule has 1 fully saturated rings. The molecule has 2 heterocycles. The Balaban J connectivity index is 1.82. The molecule has 0 radical (unpaired) electrons. The first-order valence-electron chi connectivity index (χ1n) is 14.2. The third-order valence-corrected chi connectivity index (χ3v) is 6.91. The van der Waals surface area contributed by atoms with E-state index in [1.807, 2.05) is 12.1 Å². The van der Waals surface area contributed by atoms with Crippen LogP contribution in [-0.4, -0.2) is 22.1 Å². The standard InChI is InChI=1S/C32H46FN5/c1-8-11-12-13-25-20-26(16-17-34-25)36-30-24(9-2)19-27(33)31(38-30)37-29(18-23-14-15-23)28(10-3)35-22(4)21-32(5,6)7/h2,16-17,19-20,23,28-29,35H,4,8,10-15,18,21H2,1,3,5-7H3,(H2,34,36,37,38). The highest BCUT2D eigenvalue weighted by atomic mass is 19.1. The number of terminal acetylenes is 1. The molecule has 0 amide bonds. The van der Waals surface area contributed by atoms with Crippen LogP contribution in [0.4, 0.5) is 21.7 Å². The summed E-state index contributed by atoms with van der Waals surface area (Å²) in [5.41, 5.74) is 3.40. The van der Waals surface area contributed by atoms with E-state index < -0.39 is 5.82 Å². The minimum absolute atomic E-state index is 0.0156. The van der Waals surface area contributed by atoms with Gasteiger partial charge in [0.05, 0.1) is 5.56 Å². The van der Waals surface area contributed by atoms with E-state index in [0.29, 0.717) is 17.3 Å². The van der Waals surface area contributed by atoms with Crippen molar-refractivity contribution in [3.05, 3.63) is 53.7 Å². The summed E-state index contributed by atoms with van der Waals surface area (Å²) in [5.74, 6) is 3.49. The molecular weight excluding hydrogens is 473 g/mol. The van der Waals surface area contributed by atoms with Crippen LogP contribution in [0.15, 0.2) is 36.7 Å². The number of unbranched alkanes of at least 4 members (excludes halogenated alkanes) is 2. The number of hydrogen-bond acceptors (Lipinski definition) is 5. The summed E-state index contributed by atoms with van der Waals surface area (Å²) >= 11 is 0. The summed E-state index contributed by atoms with van der Waals surface area (Å²) < 4.78 is 15.3. The van der Waals surface area contributed by atoms with E-state index in [1.165, 1.54) is 31.7 Å². The second-order valence-corrected chi connectivity index (χ2v) is 11.9. The number of allylic oxidation sites excluding steroid dienone is 1. The van der Waals surface area contributed by atoms with Crippen molar-refractivity contribution in [3.8, 4) is 12.3 Å². The number of anilines is 3. The largest absolute Gasteiger partial charge is 0.384 e. The molecule has 206 valence electrons. The number of pyridine rings is 2. The smallest absolute Gasteiger partial charge is 0.166 e. The molecule has 38 heavy (non-hydrogen) atoms. The van der Waals surface area contributed by atoms with Crippen LogP contribution < -0.4 is 16.0 Å². The van der Waals surface area contributed by atoms with Gasteiger partial charge in [-0.3, -0.25) is 4.98 Å². The van der Waals surface area contributed by atoms with Crippen LogP contribution in [0, 0.1) is 29.5 Å². The van der Waals surface area contributed by atoms with Gasteiger partial charge < -0.3 is 16.0 Å². The second-order valence-electron chi connectivity index (χ2n) is 11.9. The fourth-order valence-corrected chi connectivity index (χ4v) is 4.83. The van der Waals surface area contributed by atoms with Gasteiger partial charge in [-0.1, -0.05) is 72.8 Å². The number of aromatic nitrogens is 2. The average molecular weight is 520 g/mol. The Bertz CT molecular complexity index is 1110. The third kappa shape index (κ3) is 9.35. The lowest BCUT2D eigenvalue weighted by Crippen LogP contribution is -2.44. The molecule has 1 aliphatic rings. The first-order valence-corrected chi connectivity index (χ1v) is 14.2. The van der Waals surface area contributed by atoms with Gasteiger partial charge >= 0.3 is 0 Å². The van der Waals surface area contributed by atoms with Crippen LogP contribution in [0.3, 0.4) is 0 Å². The Morgan fingerprint density at radius 3 is 2.58 bits per heavy atom. The quantitative estimate of drug-likeness (QED) is 0.164. The molecule has 0 bridgehead atoms. The number of hydrogen-bond donors (Lipinski definition) is 3. The van der Waals surface area contributed by atoms with E-state index in [9.17, 15) is 0 Å². The lowest BCUT2D eigenvalue weighted by molar-refractivity contribution is 0.371. The second kappa shape index (κ2) is 13.6. The monoisotopic (exact) mass is 519 g/mol. The SMILES string of the molecule is C#Cc1cc(F)c(NC(CC2CC2)C(CC)NC(=C)CC(C)(C)C)nc1Nc1ccnc(CCCCC)c1. The Morgan fingerprint density at radius 1 is 1.18 bits per heavy atom. The van der Waals surface area contributed by atoms with Crippen LogP contribution in [0.2, 0.25) is 0 Å². The van der Waals surface area contributed by atoms with Crippen LogP contribution >= 0.6 is 0 Å². The number of nitrogens with one attached hydrogen (secondary N) is 3. The number of halogens is 1. The minimum Gasteiger partial charge on any atom is -0.384 e. The lowest BCUT2D eigenvalue weighted by atomic mass is 9.90. The topological polar surface area (TPSA) is 61.9 Å². The van der Waals surface area contributed by atoms with Crippen LogP contribution in [0.25, 0.3) is 0 Å². The summed E-state index contributed by atoms with van der Waals surface area (Å²) in [4.78, 5) is 9.14. The fraction of sp³-hybridized carbons (Fsp3) is 0.562. The van der Waals surface area contributed by atoms with Crippen molar-refractivity contribution in [2.75, 3.05) is 10.6 Å². The molecule has 2 atom stereocenters. The van der Waals surface area contributed by atoms with Crippen molar-refractivity contribution in [3.63, 3.8) is 0 Å². The molecule has 0 aromatic carbocycles. The molecule has 0 aliphatic heterocycles. The molecule has 2 aromatic heterocycles. The molecule has 2 aromatic rings. The summed E-state index contributed by atoms with van der Waals surface area (Å²) in [5, 5.41) is 10.4. The molecule has 6 heteroatoms. The van der Waals surface area contributed by atoms with E-state index in [-0.39, 0.29) is 23.3 Å². The molecule has 0 saturated heterocycles. The molecule has 3 rings (SSSR count). The van der Waals surface area contributed by atoms with E-state index in [4.69, 9.17) is 6.42 Å². The zero-order valence-electron chi connectivity index (χ0n) is 24.0. The Morgan fingerprint density at radius 2 is 1.95 bits per heavy atom. The van der Waals surface area contributed by atoms with Crippen LogP contribution in [-0.2, 0) is 6.42 Å². The van der Waals surface area contributed by atoms with Gasteiger partial charge in [0.25, 0.3) is 0 Å². The predicted molar refractivity (Wildman–Crippen MR) is 158 cm³/mol. The van der Waals surface area contributed by atoms with Crippen LogP contribution in [0.5, 0.6) is 0 Å². The lowest BCUT2D eigenvalue weighted by Gasteiger charge is -2.32. The molecular formula is C32H46FN5. The van der Waals surface area contributed by atoms with E-state index in [1.54, 1.807) is 6.20 Å². The first kappa shape index (κ1) is 29.5. The van der Waals surface area contributed by atoms with Crippen molar-refractivity contribution in [1.29, 1.82) is 0 Å². The van der Waals surface area contributed by atoms with Crippen LogP contribution in [0.1, 0.15) is 97.2 Å². The molecule has 0 spiro atoms. The molecule has 5 nitrogen and oxygen atoms in total.